The molecule has 1 unspecified atom stereocenters. The van der Waals surface area contributed by atoms with Crippen LogP contribution in [0, 0.1) is 0 Å². The molecule has 0 aromatic heterocycles. The van der Waals surface area contributed by atoms with Gasteiger partial charge in [-0.1, -0.05) is 0 Å². The number of hydrogen-bond acceptors (Lipinski definition) is 3. The number of hydrazine groups is 1. The molecule has 0 aromatic rings. The fourth-order valence-corrected chi connectivity index (χ4v) is 1.43. The molecule has 2 heterocycles. The van der Waals surface area contributed by atoms with Crippen molar-refractivity contribution in [2.75, 3.05) is 13.1 Å². The Balaban J connectivity index is 1.95. The van der Waals surface area contributed by atoms with E-state index in [1.807, 2.05) is 12.5 Å². The first-order chi connectivity index (χ1) is 5.38. The molecule has 60 valence electrons. The SMILES string of the molecule is CC1CCN1N1C=NC=CC1. The zero-order valence-electron chi connectivity index (χ0n) is 6.77. The van der Waals surface area contributed by atoms with Gasteiger partial charge < -0.3 is 0 Å². The standard InChI is InChI=1S/C8H13N3/c1-8-3-6-11(8)10-5-2-4-9-7-10/h2,4,7-8H,3,5-6H2,1H3. The highest BCUT2D eigenvalue weighted by Gasteiger charge is 2.27. The normalized spacial score (nSPS) is 30.6. The minimum Gasteiger partial charge on any atom is -0.291 e. The van der Waals surface area contributed by atoms with Crippen molar-refractivity contribution in [2.24, 2.45) is 4.99 Å². The van der Waals surface area contributed by atoms with Gasteiger partial charge in [0.2, 0.25) is 0 Å². The van der Waals surface area contributed by atoms with Crippen molar-refractivity contribution in [3.05, 3.63) is 12.3 Å². The van der Waals surface area contributed by atoms with Gasteiger partial charge in [-0.05, 0) is 19.4 Å². The van der Waals surface area contributed by atoms with Crippen LogP contribution in [0.5, 0.6) is 0 Å². The van der Waals surface area contributed by atoms with Gasteiger partial charge in [0.15, 0.2) is 0 Å². The van der Waals surface area contributed by atoms with Gasteiger partial charge in [-0.25, -0.2) is 10.0 Å². The molecule has 2 rings (SSSR count). The predicted octanol–water partition coefficient (Wildman–Crippen LogP) is 0.853. The third-order valence-electron chi connectivity index (χ3n) is 2.30. The summed E-state index contributed by atoms with van der Waals surface area (Å²) in [4.78, 5) is 4.07. The summed E-state index contributed by atoms with van der Waals surface area (Å²) >= 11 is 0. The van der Waals surface area contributed by atoms with E-state index in [2.05, 4.69) is 28.0 Å². The Kier molecular flexibility index (Phi) is 1.66. The third-order valence-corrected chi connectivity index (χ3v) is 2.30. The summed E-state index contributed by atoms with van der Waals surface area (Å²) in [6.45, 7) is 4.41. The molecule has 0 bridgehead atoms. The summed E-state index contributed by atoms with van der Waals surface area (Å²) in [5, 5.41) is 4.52. The molecule has 0 amide bonds. The van der Waals surface area contributed by atoms with Crippen LogP contribution in [0.1, 0.15) is 13.3 Å². The minimum atomic E-state index is 0.702. The van der Waals surface area contributed by atoms with E-state index >= 15 is 0 Å². The van der Waals surface area contributed by atoms with Gasteiger partial charge in [-0.15, -0.1) is 0 Å². The molecule has 0 N–H and O–H groups in total. The molecule has 1 atom stereocenters. The molecular formula is C8H13N3. The van der Waals surface area contributed by atoms with Crippen molar-refractivity contribution in [2.45, 2.75) is 19.4 Å². The van der Waals surface area contributed by atoms with E-state index < -0.39 is 0 Å². The van der Waals surface area contributed by atoms with Crippen molar-refractivity contribution in [1.29, 1.82) is 0 Å². The molecule has 0 aliphatic carbocycles. The molecule has 0 spiro atoms. The summed E-state index contributed by atoms with van der Waals surface area (Å²) in [7, 11) is 0. The Morgan fingerprint density at radius 3 is 2.91 bits per heavy atom. The molecule has 0 aromatic carbocycles. The van der Waals surface area contributed by atoms with Crippen molar-refractivity contribution < 1.29 is 0 Å². The maximum absolute atomic E-state index is 4.07. The largest absolute Gasteiger partial charge is 0.291 e. The lowest BCUT2D eigenvalue weighted by molar-refractivity contribution is -0.0509. The van der Waals surface area contributed by atoms with Gasteiger partial charge in [0, 0.05) is 18.8 Å². The maximum Gasteiger partial charge on any atom is 0.105 e. The van der Waals surface area contributed by atoms with Crippen LogP contribution in [-0.4, -0.2) is 35.5 Å². The zero-order chi connectivity index (χ0) is 7.68. The summed E-state index contributed by atoms with van der Waals surface area (Å²) in [6.07, 6.45) is 7.13. The quantitative estimate of drug-likeness (QED) is 0.553. The Labute approximate surface area is 67.0 Å². The van der Waals surface area contributed by atoms with Gasteiger partial charge in [0.05, 0.1) is 6.54 Å². The van der Waals surface area contributed by atoms with Crippen molar-refractivity contribution >= 4 is 6.34 Å². The lowest BCUT2D eigenvalue weighted by atomic mass is 10.1. The molecule has 1 fully saturated rings. The fourth-order valence-electron chi connectivity index (χ4n) is 1.43. The van der Waals surface area contributed by atoms with Gasteiger partial charge in [0.1, 0.15) is 6.34 Å². The van der Waals surface area contributed by atoms with Crippen LogP contribution in [0.4, 0.5) is 0 Å². The van der Waals surface area contributed by atoms with Gasteiger partial charge >= 0.3 is 0 Å². The molecule has 0 radical (unpaired) electrons. The van der Waals surface area contributed by atoms with Crippen LogP contribution in [-0.2, 0) is 0 Å². The second kappa shape index (κ2) is 2.66. The average molecular weight is 151 g/mol. The van der Waals surface area contributed by atoms with Gasteiger partial charge in [-0.3, -0.25) is 5.01 Å². The van der Waals surface area contributed by atoms with E-state index in [-0.39, 0.29) is 0 Å². The Hall–Kier alpha value is -0.830. The fraction of sp³-hybridized carbons (Fsp3) is 0.625. The lowest BCUT2D eigenvalue weighted by Crippen LogP contribution is -2.55. The zero-order valence-corrected chi connectivity index (χ0v) is 6.77. The maximum atomic E-state index is 4.07. The first kappa shape index (κ1) is 6.85. The second-order valence-corrected chi connectivity index (χ2v) is 3.07. The predicted molar refractivity (Wildman–Crippen MR) is 45.1 cm³/mol. The molecule has 11 heavy (non-hydrogen) atoms. The number of aliphatic imine (C=N–C) groups is 1. The van der Waals surface area contributed by atoms with Crippen molar-refractivity contribution in [3.63, 3.8) is 0 Å². The number of nitrogens with zero attached hydrogens (tertiary/aromatic N) is 3. The molecular weight excluding hydrogens is 138 g/mol. The van der Waals surface area contributed by atoms with E-state index in [4.69, 9.17) is 0 Å². The van der Waals surface area contributed by atoms with E-state index in [0.717, 1.165) is 6.54 Å². The van der Waals surface area contributed by atoms with E-state index in [0.29, 0.717) is 6.04 Å². The van der Waals surface area contributed by atoms with Crippen LogP contribution in [0.3, 0.4) is 0 Å². The average Bonchev–Trinajstić information content (AvgIpc) is 2.04. The number of rotatable bonds is 1. The van der Waals surface area contributed by atoms with Gasteiger partial charge in [-0.2, -0.15) is 0 Å². The van der Waals surface area contributed by atoms with Crippen molar-refractivity contribution in [3.8, 4) is 0 Å². The molecule has 2 aliphatic heterocycles. The van der Waals surface area contributed by atoms with E-state index in [9.17, 15) is 0 Å². The smallest absolute Gasteiger partial charge is 0.105 e. The molecule has 2 aliphatic rings. The number of hydrogen-bond donors (Lipinski definition) is 0. The van der Waals surface area contributed by atoms with Crippen LogP contribution in [0.25, 0.3) is 0 Å². The Morgan fingerprint density at radius 1 is 1.55 bits per heavy atom. The Bertz CT molecular complexity index is 198. The summed E-state index contributed by atoms with van der Waals surface area (Å²) in [6, 6.07) is 0.702. The molecule has 3 nitrogen and oxygen atoms in total. The van der Waals surface area contributed by atoms with Gasteiger partial charge in [0.25, 0.3) is 0 Å². The van der Waals surface area contributed by atoms with Crippen molar-refractivity contribution in [1.82, 2.24) is 10.0 Å². The first-order valence-electron chi connectivity index (χ1n) is 4.09. The van der Waals surface area contributed by atoms with Crippen LogP contribution >= 0.6 is 0 Å². The first-order valence-corrected chi connectivity index (χ1v) is 4.09. The highest BCUT2D eigenvalue weighted by molar-refractivity contribution is 5.56. The van der Waals surface area contributed by atoms with E-state index in [1.54, 1.807) is 0 Å². The summed E-state index contributed by atoms with van der Waals surface area (Å²) in [5.74, 6) is 0. The highest BCUT2D eigenvalue weighted by atomic mass is 15.7. The summed E-state index contributed by atoms with van der Waals surface area (Å²) < 4.78 is 0. The third kappa shape index (κ3) is 1.16. The van der Waals surface area contributed by atoms with E-state index in [1.165, 1.54) is 13.0 Å². The van der Waals surface area contributed by atoms with Crippen LogP contribution in [0.2, 0.25) is 0 Å². The minimum absolute atomic E-state index is 0.702. The molecule has 0 saturated carbocycles. The Morgan fingerprint density at radius 2 is 2.45 bits per heavy atom. The molecule has 3 heteroatoms. The second-order valence-electron chi connectivity index (χ2n) is 3.07. The highest BCUT2D eigenvalue weighted by Crippen LogP contribution is 2.18. The van der Waals surface area contributed by atoms with Crippen LogP contribution < -0.4 is 0 Å². The summed E-state index contributed by atoms with van der Waals surface area (Å²) in [5.41, 5.74) is 0. The lowest BCUT2D eigenvalue weighted by Gasteiger charge is -2.45. The topological polar surface area (TPSA) is 18.8 Å². The molecule has 1 saturated heterocycles. The van der Waals surface area contributed by atoms with Crippen LogP contribution in [0.15, 0.2) is 17.3 Å². The monoisotopic (exact) mass is 151 g/mol.